The van der Waals surface area contributed by atoms with Crippen molar-refractivity contribution < 1.29 is 14.3 Å². The van der Waals surface area contributed by atoms with E-state index in [0.29, 0.717) is 17.2 Å². The van der Waals surface area contributed by atoms with Crippen LogP contribution >= 0.6 is 27.3 Å². The molecule has 0 aliphatic heterocycles. The second-order valence-corrected chi connectivity index (χ2v) is 11.0. The van der Waals surface area contributed by atoms with E-state index in [0.717, 1.165) is 44.1 Å². The van der Waals surface area contributed by atoms with Crippen molar-refractivity contribution in [3.8, 4) is 0 Å². The fraction of sp³-hybridized carbons (Fsp3) is 0.714. The molecule has 0 aromatic carbocycles. The van der Waals surface area contributed by atoms with Crippen LogP contribution < -0.4 is 5.32 Å². The topological polar surface area (TPSA) is 55.4 Å². The number of carbonyl (C=O) groups is 2. The molecular formula is C21H28BrNO3S. The fourth-order valence-electron chi connectivity index (χ4n) is 5.74. The van der Waals surface area contributed by atoms with Crippen LogP contribution in [0.1, 0.15) is 74.2 Å². The molecule has 6 heteroatoms. The van der Waals surface area contributed by atoms with Gasteiger partial charge in [0.2, 0.25) is 5.91 Å². The molecule has 5 rings (SSSR count). The molecule has 148 valence electrons. The Morgan fingerprint density at radius 3 is 2.52 bits per heavy atom. The number of alkyl halides is 1. The Morgan fingerprint density at radius 1 is 1.22 bits per heavy atom. The molecule has 0 saturated heterocycles. The lowest BCUT2D eigenvalue weighted by Gasteiger charge is -2.64. The maximum Gasteiger partial charge on any atom is 0.341 e. The van der Waals surface area contributed by atoms with E-state index in [-0.39, 0.29) is 27.5 Å². The van der Waals surface area contributed by atoms with Crippen LogP contribution in [0.5, 0.6) is 0 Å². The second kappa shape index (κ2) is 6.31. The average molecular weight is 454 g/mol. The van der Waals surface area contributed by atoms with Crippen LogP contribution in [-0.2, 0) is 22.4 Å². The van der Waals surface area contributed by atoms with Gasteiger partial charge in [0.15, 0.2) is 0 Å². The Labute approximate surface area is 173 Å². The van der Waals surface area contributed by atoms with E-state index in [1.54, 1.807) is 11.3 Å². The van der Waals surface area contributed by atoms with Gasteiger partial charge in [0, 0.05) is 9.70 Å². The summed E-state index contributed by atoms with van der Waals surface area (Å²) in [7, 11) is 0. The number of carbonyl (C=O) groups excluding carboxylic acids is 2. The molecule has 1 amide bonds. The molecule has 4 nitrogen and oxygen atoms in total. The number of aryl methyl sites for hydroxylation is 1. The minimum absolute atomic E-state index is 0.0495. The van der Waals surface area contributed by atoms with Gasteiger partial charge in [-0.2, -0.15) is 0 Å². The van der Waals surface area contributed by atoms with Crippen LogP contribution in [0, 0.1) is 16.2 Å². The quantitative estimate of drug-likeness (QED) is 0.494. The summed E-state index contributed by atoms with van der Waals surface area (Å²) in [6.45, 7) is 8.86. The number of rotatable bonds is 4. The summed E-state index contributed by atoms with van der Waals surface area (Å²) in [5, 5.41) is 3.87. The Bertz CT molecular complexity index is 817. The molecule has 1 aromatic heterocycles. The van der Waals surface area contributed by atoms with E-state index in [4.69, 9.17) is 4.74 Å². The number of halogens is 1. The van der Waals surface area contributed by atoms with Gasteiger partial charge in [0.1, 0.15) is 5.00 Å². The van der Waals surface area contributed by atoms with Gasteiger partial charge in [0.25, 0.3) is 0 Å². The zero-order chi connectivity index (χ0) is 19.6. The largest absolute Gasteiger partial charge is 0.462 e. The first kappa shape index (κ1) is 19.4. The summed E-state index contributed by atoms with van der Waals surface area (Å²) in [5.41, 5.74) is 1.35. The van der Waals surface area contributed by atoms with E-state index < -0.39 is 5.41 Å². The van der Waals surface area contributed by atoms with Gasteiger partial charge in [-0.25, -0.2) is 4.79 Å². The molecule has 1 aromatic rings. The number of nitrogens with one attached hydrogen (secondary N) is 1. The number of esters is 1. The van der Waals surface area contributed by atoms with E-state index in [9.17, 15) is 9.59 Å². The van der Waals surface area contributed by atoms with Crippen molar-refractivity contribution in [3.05, 3.63) is 16.0 Å². The Morgan fingerprint density at radius 2 is 1.93 bits per heavy atom. The zero-order valence-electron chi connectivity index (χ0n) is 16.5. The molecule has 0 radical (unpaired) electrons. The van der Waals surface area contributed by atoms with E-state index >= 15 is 0 Å². The summed E-state index contributed by atoms with van der Waals surface area (Å²) in [4.78, 5) is 27.6. The number of amides is 1. The number of thiophene rings is 1. The van der Waals surface area contributed by atoms with Gasteiger partial charge in [-0.3, -0.25) is 4.79 Å². The van der Waals surface area contributed by atoms with Crippen molar-refractivity contribution >= 4 is 44.1 Å². The van der Waals surface area contributed by atoms with Gasteiger partial charge in [-0.05, 0) is 61.8 Å². The van der Waals surface area contributed by atoms with Crippen LogP contribution in [0.3, 0.4) is 0 Å². The number of ether oxygens (including phenoxy) is 1. The van der Waals surface area contributed by atoms with Gasteiger partial charge < -0.3 is 10.1 Å². The predicted octanol–water partition coefficient (Wildman–Crippen LogP) is 5.33. The Balaban J connectivity index is 1.68. The molecule has 3 unspecified atom stereocenters. The molecule has 4 aliphatic carbocycles. The predicted molar refractivity (Wildman–Crippen MR) is 112 cm³/mol. The number of fused-ring (bicyclic) bond motifs is 2. The molecular weight excluding hydrogens is 426 g/mol. The molecule has 3 saturated carbocycles. The maximum absolute atomic E-state index is 13.5. The fourth-order valence-corrected chi connectivity index (χ4v) is 8.83. The summed E-state index contributed by atoms with van der Waals surface area (Å²) in [6, 6.07) is 0. The third-order valence-electron chi connectivity index (χ3n) is 7.86. The van der Waals surface area contributed by atoms with Crippen molar-refractivity contribution in [3.63, 3.8) is 0 Å². The Hall–Kier alpha value is -0.880. The summed E-state index contributed by atoms with van der Waals surface area (Å²) >= 11 is 5.41. The minimum Gasteiger partial charge on any atom is -0.462 e. The number of hydrogen-bond acceptors (Lipinski definition) is 4. The van der Waals surface area contributed by atoms with Gasteiger partial charge >= 0.3 is 5.97 Å². The lowest BCUT2D eigenvalue weighted by Crippen LogP contribution is -2.68. The first-order chi connectivity index (χ1) is 12.7. The van der Waals surface area contributed by atoms with Crippen LogP contribution in [0.25, 0.3) is 0 Å². The van der Waals surface area contributed by atoms with Crippen molar-refractivity contribution in [2.24, 2.45) is 16.2 Å². The number of hydrogen-bond donors (Lipinski definition) is 1. The highest BCUT2D eigenvalue weighted by Crippen LogP contribution is 2.80. The zero-order valence-corrected chi connectivity index (χ0v) is 18.9. The summed E-state index contributed by atoms with van der Waals surface area (Å²) in [6.07, 6.45) is 6.04. The highest BCUT2D eigenvalue weighted by molar-refractivity contribution is 9.09. The van der Waals surface area contributed by atoms with E-state index in [1.165, 1.54) is 4.88 Å². The smallest absolute Gasteiger partial charge is 0.341 e. The van der Waals surface area contributed by atoms with Crippen molar-refractivity contribution in [1.29, 1.82) is 0 Å². The SMILES string of the molecule is CCOC(=O)c1c(NC(=O)C23CCC(C)(C2Br)C3(C)C)sc2c1CCCC2. The van der Waals surface area contributed by atoms with Crippen molar-refractivity contribution in [2.45, 2.75) is 71.0 Å². The summed E-state index contributed by atoms with van der Waals surface area (Å²) < 4.78 is 5.32. The maximum atomic E-state index is 13.5. The minimum atomic E-state index is -0.418. The lowest BCUT2D eigenvalue weighted by molar-refractivity contribution is -0.155. The molecule has 3 atom stereocenters. The molecule has 0 spiro atoms. The monoisotopic (exact) mass is 453 g/mol. The van der Waals surface area contributed by atoms with E-state index in [1.807, 2.05) is 6.92 Å². The van der Waals surface area contributed by atoms with E-state index in [2.05, 4.69) is 42.0 Å². The Kier molecular flexibility index (Phi) is 4.54. The summed E-state index contributed by atoms with van der Waals surface area (Å²) in [5.74, 6) is -0.252. The van der Waals surface area contributed by atoms with Crippen molar-refractivity contribution in [2.75, 3.05) is 11.9 Å². The van der Waals surface area contributed by atoms with Gasteiger partial charge in [-0.1, -0.05) is 36.7 Å². The third kappa shape index (κ3) is 2.32. The van der Waals surface area contributed by atoms with Gasteiger partial charge in [0.05, 0.1) is 17.6 Å². The standard InChI is InChI=1S/C21H28BrNO3S/c1-5-26-16(24)14-12-8-6-7-9-13(12)27-15(14)23-18(25)21-11-10-20(4,17(21)22)19(21,2)3/h17H,5-11H2,1-4H3,(H,23,25). The van der Waals surface area contributed by atoms with Crippen LogP contribution in [0.2, 0.25) is 0 Å². The normalized spacial score (nSPS) is 33.1. The number of anilines is 1. The first-order valence-electron chi connectivity index (χ1n) is 9.98. The highest BCUT2D eigenvalue weighted by Gasteiger charge is 2.80. The van der Waals surface area contributed by atoms with Crippen LogP contribution in [0.15, 0.2) is 0 Å². The van der Waals surface area contributed by atoms with Crippen molar-refractivity contribution in [1.82, 2.24) is 0 Å². The molecule has 4 aliphatic rings. The highest BCUT2D eigenvalue weighted by atomic mass is 79.9. The van der Waals surface area contributed by atoms with Gasteiger partial charge in [-0.15, -0.1) is 11.3 Å². The third-order valence-corrected chi connectivity index (χ3v) is 10.9. The van der Waals surface area contributed by atoms with Crippen LogP contribution in [0.4, 0.5) is 5.00 Å². The molecule has 2 bridgehead atoms. The molecule has 1 heterocycles. The second-order valence-electron chi connectivity index (χ2n) is 8.97. The molecule has 1 N–H and O–H groups in total. The lowest BCUT2D eigenvalue weighted by atomic mass is 9.43. The molecule has 3 fully saturated rings. The average Bonchev–Trinajstić information content (AvgIpc) is 3.20. The molecule has 27 heavy (non-hydrogen) atoms. The first-order valence-corrected chi connectivity index (χ1v) is 11.7. The van der Waals surface area contributed by atoms with Crippen LogP contribution in [-0.4, -0.2) is 23.3 Å².